The Bertz CT molecular complexity index is 638. The molecule has 3 rings (SSSR count). The summed E-state index contributed by atoms with van der Waals surface area (Å²) < 4.78 is 16.6. The molecule has 0 aromatic carbocycles. The highest BCUT2D eigenvalue weighted by atomic mass is 16.5. The van der Waals surface area contributed by atoms with E-state index in [-0.39, 0.29) is 30.2 Å². The lowest BCUT2D eigenvalue weighted by Crippen LogP contribution is -2.45. The van der Waals surface area contributed by atoms with Gasteiger partial charge in [-0.05, 0) is 26.2 Å². The second-order valence-corrected chi connectivity index (χ2v) is 6.91. The number of hydrogen-bond acceptors (Lipinski definition) is 10. The van der Waals surface area contributed by atoms with Crippen LogP contribution in [-0.2, 0) is 19.0 Å². The molecule has 0 spiro atoms. The van der Waals surface area contributed by atoms with E-state index in [0.29, 0.717) is 39.0 Å². The van der Waals surface area contributed by atoms with Crippen LogP contribution in [0.5, 0.6) is 0 Å². The Morgan fingerprint density at radius 1 is 1.36 bits per heavy atom. The van der Waals surface area contributed by atoms with Gasteiger partial charge in [0.2, 0.25) is 11.9 Å². The van der Waals surface area contributed by atoms with Crippen molar-refractivity contribution in [1.29, 1.82) is 0 Å². The van der Waals surface area contributed by atoms with Gasteiger partial charge in [0.1, 0.15) is 6.04 Å². The molecular formula is C18H30N6O4. The first kappa shape index (κ1) is 20.5. The molecular weight excluding hydrogens is 364 g/mol. The first-order chi connectivity index (χ1) is 13.6. The zero-order chi connectivity index (χ0) is 19.9. The summed E-state index contributed by atoms with van der Waals surface area (Å²) in [5.41, 5.74) is 5.84. The molecule has 3 aliphatic rings. The van der Waals surface area contributed by atoms with Crippen LogP contribution in [0.1, 0.15) is 33.1 Å². The van der Waals surface area contributed by atoms with Crippen molar-refractivity contribution < 1.29 is 19.0 Å². The predicted octanol–water partition coefficient (Wildman–Crippen LogP) is 0.180. The zero-order valence-electron chi connectivity index (χ0n) is 16.6. The number of fused-ring (bicyclic) bond motifs is 1. The van der Waals surface area contributed by atoms with Gasteiger partial charge in [-0.25, -0.2) is 4.99 Å². The van der Waals surface area contributed by atoms with Crippen molar-refractivity contribution in [3.05, 3.63) is 0 Å². The van der Waals surface area contributed by atoms with Crippen molar-refractivity contribution in [2.24, 2.45) is 20.7 Å². The molecule has 10 nitrogen and oxygen atoms in total. The van der Waals surface area contributed by atoms with Gasteiger partial charge >= 0.3 is 5.97 Å². The summed E-state index contributed by atoms with van der Waals surface area (Å²) in [6.45, 7) is 7.17. The van der Waals surface area contributed by atoms with Gasteiger partial charge in [-0.3, -0.25) is 14.7 Å². The summed E-state index contributed by atoms with van der Waals surface area (Å²) in [6, 6.07) is -0.458. The van der Waals surface area contributed by atoms with E-state index in [1.165, 1.54) is 0 Å². The SMILES string of the molecule is CCCOC1=NC(N)=NC2C1N=CN2CCOCN1CCC[C@H]1C(=O)OCC. The average Bonchev–Trinajstić information content (AvgIpc) is 3.30. The van der Waals surface area contributed by atoms with Crippen LogP contribution < -0.4 is 5.73 Å². The van der Waals surface area contributed by atoms with Crippen molar-refractivity contribution in [2.45, 2.75) is 51.4 Å². The number of nitrogens with zero attached hydrogens (tertiary/aromatic N) is 5. The van der Waals surface area contributed by atoms with E-state index in [0.717, 1.165) is 25.8 Å². The molecule has 0 aliphatic carbocycles. The van der Waals surface area contributed by atoms with Crippen molar-refractivity contribution >= 4 is 24.2 Å². The lowest BCUT2D eigenvalue weighted by molar-refractivity contribution is -0.150. The summed E-state index contributed by atoms with van der Waals surface area (Å²) >= 11 is 0. The third-order valence-corrected chi connectivity index (χ3v) is 4.87. The fourth-order valence-electron chi connectivity index (χ4n) is 3.52. The molecule has 0 bridgehead atoms. The number of rotatable bonds is 9. The number of guanidine groups is 1. The van der Waals surface area contributed by atoms with Gasteiger partial charge in [0.25, 0.3) is 0 Å². The van der Waals surface area contributed by atoms with Crippen LogP contribution in [0.2, 0.25) is 0 Å². The van der Waals surface area contributed by atoms with E-state index in [2.05, 4.69) is 15.0 Å². The summed E-state index contributed by atoms with van der Waals surface area (Å²) in [6.07, 6.45) is 4.19. The van der Waals surface area contributed by atoms with Gasteiger partial charge < -0.3 is 24.8 Å². The van der Waals surface area contributed by atoms with Crippen molar-refractivity contribution in [1.82, 2.24) is 9.80 Å². The highest BCUT2D eigenvalue weighted by molar-refractivity contribution is 5.99. The van der Waals surface area contributed by atoms with Crippen LogP contribution in [0.3, 0.4) is 0 Å². The Balaban J connectivity index is 1.44. The summed E-state index contributed by atoms with van der Waals surface area (Å²) in [5.74, 6) is 0.565. The Morgan fingerprint density at radius 2 is 2.21 bits per heavy atom. The smallest absolute Gasteiger partial charge is 0.323 e. The zero-order valence-corrected chi connectivity index (χ0v) is 16.6. The molecule has 1 fully saturated rings. The number of nitrogens with two attached hydrogens (primary N) is 1. The van der Waals surface area contributed by atoms with Crippen LogP contribution >= 0.6 is 0 Å². The molecule has 0 saturated carbocycles. The van der Waals surface area contributed by atoms with Crippen LogP contribution in [0.4, 0.5) is 0 Å². The van der Waals surface area contributed by atoms with Crippen LogP contribution in [0, 0.1) is 0 Å². The topological polar surface area (TPSA) is 114 Å². The maximum Gasteiger partial charge on any atom is 0.323 e. The maximum absolute atomic E-state index is 12.0. The van der Waals surface area contributed by atoms with Gasteiger partial charge in [-0.2, -0.15) is 4.99 Å². The summed E-state index contributed by atoms with van der Waals surface area (Å²) in [5, 5.41) is 0. The van der Waals surface area contributed by atoms with E-state index in [9.17, 15) is 4.79 Å². The number of carbonyl (C=O) groups excluding carboxylic acids is 1. The minimum atomic E-state index is -0.259. The Morgan fingerprint density at radius 3 is 3.00 bits per heavy atom. The molecule has 3 atom stereocenters. The number of esters is 1. The number of carbonyl (C=O) groups is 1. The molecule has 0 amide bonds. The molecule has 28 heavy (non-hydrogen) atoms. The molecule has 0 radical (unpaired) electrons. The molecule has 3 aliphatic heterocycles. The van der Waals surface area contributed by atoms with Crippen molar-refractivity contribution in [3.63, 3.8) is 0 Å². The standard InChI is InChI=1S/C18H30N6O4/c1-3-9-28-16-14-15(21-18(19)22-16)23(11-20-14)8-10-26-12-24-7-5-6-13(24)17(25)27-4-2/h11,13-15H,3-10,12H2,1-2H3,(H2,19,21)/t13-,14?,15?/m0/s1. The molecule has 3 heterocycles. The number of hydrogen-bond donors (Lipinski definition) is 1. The minimum Gasteiger partial charge on any atom is -0.479 e. The van der Waals surface area contributed by atoms with E-state index >= 15 is 0 Å². The van der Waals surface area contributed by atoms with Gasteiger partial charge in [0, 0.05) is 13.1 Å². The quantitative estimate of drug-likeness (QED) is 0.438. The molecule has 10 heteroatoms. The molecule has 156 valence electrons. The van der Waals surface area contributed by atoms with Crippen LogP contribution in [0.15, 0.2) is 15.0 Å². The van der Waals surface area contributed by atoms with Gasteiger partial charge in [-0.1, -0.05) is 6.92 Å². The molecule has 2 unspecified atom stereocenters. The first-order valence-electron chi connectivity index (χ1n) is 9.96. The number of ether oxygens (including phenoxy) is 3. The maximum atomic E-state index is 12.0. The fraction of sp³-hybridized carbons (Fsp3) is 0.778. The van der Waals surface area contributed by atoms with Crippen molar-refractivity contribution in [2.75, 3.05) is 39.6 Å². The average molecular weight is 394 g/mol. The van der Waals surface area contributed by atoms with Gasteiger partial charge in [0.15, 0.2) is 12.2 Å². The molecule has 0 aromatic heterocycles. The lowest BCUT2D eigenvalue weighted by atomic mass is 10.2. The molecule has 1 saturated heterocycles. The van der Waals surface area contributed by atoms with Gasteiger partial charge in [-0.15, -0.1) is 0 Å². The van der Waals surface area contributed by atoms with E-state index < -0.39 is 0 Å². The second kappa shape index (κ2) is 9.83. The lowest BCUT2D eigenvalue weighted by Gasteiger charge is -2.28. The van der Waals surface area contributed by atoms with Gasteiger partial charge in [0.05, 0.1) is 32.9 Å². The predicted molar refractivity (Wildman–Crippen MR) is 105 cm³/mol. The largest absolute Gasteiger partial charge is 0.479 e. The highest BCUT2D eigenvalue weighted by Gasteiger charge is 2.38. The first-order valence-corrected chi connectivity index (χ1v) is 9.96. The number of likely N-dealkylation sites (tertiary alicyclic amines) is 1. The highest BCUT2D eigenvalue weighted by Crippen LogP contribution is 2.21. The summed E-state index contributed by atoms with van der Waals surface area (Å²) in [7, 11) is 0. The Kier molecular flexibility index (Phi) is 7.21. The third-order valence-electron chi connectivity index (χ3n) is 4.87. The van der Waals surface area contributed by atoms with E-state index in [4.69, 9.17) is 19.9 Å². The van der Waals surface area contributed by atoms with Crippen molar-refractivity contribution in [3.8, 4) is 0 Å². The van der Waals surface area contributed by atoms with Crippen LogP contribution in [-0.4, -0.2) is 91.9 Å². The second-order valence-electron chi connectivity index (χ2n) is 6.91. The van der Waals surface area contributed by atoms with Crippen LogP contribution in [0.25, 0.3) is 0 Å². The number of aliphatic imine (C=N–C) groups is 3. The molecule has 0 aromatic rings. The minimum absolute atomic E-state index is 0.163. The van der Waals surface area contributed by atoms with E-state index in [1.807, 2.05) is 23.6 Å². The Hall–Kier alpha value is -2.20. The fourth-order valence-corrected chi connectivity index (χ4v) is 3.52. The molecule has 2 N–H and O–H groups in total. The Labute approximate surface area is 165 Å². The van der Waals surface area contributed by atoms with E-state index in [1.54, 1.807) is 6.34 Å². The monoisotopic (exact) mass is 394 g/mol. The summed E-state index contributed by atoms with van der Waals surface area (Å²) in [4.78, 5) is 29.1. The normalized spacial score (nSPS) is 26.8. The third kappa shape index (κ3) is 4.79.